The number of aliphatic imine (C=N–C) groups is 1. The second kappa shape index (κ2) is 11.6. The second-order valence-corrected chi connectivity index (χ2v) is 10.3. The molecule has 0 saturated heterocycles. The molecule has 4 aromatic rings. The Morgan fingerprint density at radius 2 is 1.39 bits per heavy atom. The van der Waals surface area contributed by atoms with Crippen molar-refractivity contribution in [1.29, 1.82) is 0 Å². The number of hydrogen-bond acceptors (Lipinski definition) is 6. The highest BCUT2D eigenvalue weighted by Gasteiger charge is 2.14. The molecule has 0 aliphatic carbocycles. The standard InChI is InChI=1S/C29H27NO5S/c1-2-36(32,33)25-14-15-27(31)26(18-25)30-19-24-13-16-28(34-20-22-9-5-3-6-10-22)29(17-24)35-21-23-11-7-4-8-12-23/h3-19,31H,2,20-21H2,1H3. The van der Waals surface area contributed by atoms with E-state index >= 15 is 0 Å². The summed E-state index contributed by atoms with van der Waals surface area (Å²) >= 11 is 0. The number of rotatable bonds is 10. The van der Waals surface area contributed by atoms with Crippen LogP contribution < -0.4 is 9.47 Å². The lowest BCUT2D eigenvalue weighted by molar-refractivity contribution is 0.256. The zero-order valence-corrected chi connectivity index (χ0v) is 20.7. The molecule has 0 heterocycles. The predicted octanol–water partition coefficient (Wildman–Crippen LogP) is 6.09. The number of hydrogen-bond donors (Lipinski definition) is 1. The van der Waals surface area contributed by atoms with Crippen LogP contribution in [0.4, 0.5) is 5.69 Å². The van der Waals surface area contributed by atoms with Gasteiger partial charge < -0.3 is 14.6 Å². The van der Waals surface area contributed by atoms with Crippen molar-refractivity contribution in [3.63, 3.8) is 0 Å². The average Bonchev–Trinajstić information content (AvgIpc) is 2.91. The Kier molecular flexibility index (Phi) is 8.02. The number of ether oxygens (including phenoxy) is 2. The summed E-state index contributed by atoms with van der Waals surface area (Å²) in [6.45, 7) is 2.33. The van der Waals surface area contributed by atoms with E-state index in [0.29, 0.717) is 30.3 Å². The molecule has 0 radical (unpaired) electrons. The van der Waals surface area contributed by atoms with Gasteiger partial charge in [0.05, 0.1) is 10.6 Å². The molecule has 0 amide bonds. The maximum atomic E-state index is 12.2. The van der Waals surface area contributed by atoms with Gasteiger partial charge in [-0.25, -0.2) is 8.42 Å². The highest BCUT2D eigenvalue weighted by molar-refractivity contribution is 7.91. The van der Waals surface area contributed by atoms with E-state index in [0.717, 1.165) is 11.1 Å². The third-order valence-electron chi connectivity index (χ3n) is 5.48. The molecule has 0 saturated carbocycles. The maximum absolute atomic E-state index is 12.2. The molecule has 4 aromatic carbocycles. The molecule has 0 spiro atoms. The third-order valence-corrected chi connectivity index (χ3v) is 7.21. The van der Waals surface area contributed by atoms with Gasteiger partial charge in [-0.1, -0.05) is 67.6 Å². The van der Waals surface area contributed by atoms with Crippen molar-refractivity contribution in [2.45, 2.75) is 25.0 Å². The van der Waals surface area contributed by atoms with Crippen molar-refractivity contribution in [1.82, 2.24) is 0 Å². The van der Waals surface area contributed by atoms with Gasteiger partial charge in [0.1, 0.15) is 24.7 Å². The molecule has 0 bridgehead atoms. The quantitative estimate of drug-likeness (QED) is 0.266. The smallest absolute Gasteiger partial charge is 0.178 e. The summed E-state index contributed by atoms with van der Waals surface area (Å²) < 4.78 is 36.5. The Morgan fingerprint density at radius 3 is 2.00 bits per heavy atom. The zero-order valence-electron chi connectivity index (χ0n) is 19.9. The number of sulfone groups is 1. The minimum atomic E-state index is -3.42. The van der Waals surface area contributed by atoms with E-state index in [9.17, 15) is 13.5 Å². The number of nitrogens with zero attached hydrogens (tertiary/aromatic N) is 1. The summed E-state index contributed by atoms with van der Waals surface area (Å²) in [5.41, 5.74) is 2.92. The summed E-state index contributed by atoms with van der Waals surface area (Å²) in [7, 11) is -3.42. The molecule has 0 fully saturated rings. The van der Waals surface area contributed by atoms with Crippen LogP contribution in [-0.2, 0) is 23.1 Å². The molecule has 184 valence electrons. The molecule has 4 rings (SSSR count). The van der Waals surface area contributed by atoms with Gasteiger partial charge in [0.2, 0.25) is 0 Å². The number of aromatic hydroxyl groups is 1. The summed E-state index contributed by atoms with van der Waals surface area (Å²) in [4.78, 5) is 4.45. The molecule has 0 unspecified atom stereocenters. The van der Waals surface area contributed by atoms with Crippen LogP contribution in [0.3, 0.4) is 0 Å². The largest absolute Gasteiger partial charge is 0.506 e. The molecule has 6 nitrogen and oxygen atoms in total. The Morgan fingerprint density at radius 1 is 0.778 bits per heavy atom. The van der Waals surface area contributed by atoms with Crippen molar-refractivity contribution in [3.8, 4) is 17.2 Å². The number of phenols is 1. The van der Waals surface area contributed by atoms with Crippen LogP contribution in [0.15, 0.2) is 107 Å². The van der Waals surface area contributed by atoms with Gasteiger partial charge >= 0.3 is 0 Å². The van der Waals surface area contributed by atoms with Crippen LogP contribution in [-0.4, -0.2) is 25.5 Å². The van der Waals surface area contributed by atoms with Gasteiger partial charge in [-0.15, -0.1) is 0 Å². The minimum Gasteiger partial charge on any atom is -0.506 e. The first kappa shape index (κ1) is 25.0. The van der Waals surface area contributed by atoms with Crippen LogP contribution in [0.1, 0.15) is 23.6 Å². The topological polar surface area (TPSA) is 85.2 Å². The Balaban J connectivity index is 1.59. The lowest BCUT2D eigenvalue weighted by Gasteiger charge is -2.14. The molecule has 0 aromatic heterocycles. The van der Waals surface area contributed by atoms with Gasteiger partial charge in [-0.2, -0.15) is 0 Å². The average molecular weight is 502 g/mol. The fraction of sp³-hybridized carbons (Fsp3) is 0.138. The van der Waals surface area contributed by atoms with Gasteiger partial charge in [0.25, 0.3) is 0 Å². The van der Waals surface area contributed by atoms with E-state index in [1.54, 1.807) is 19.2 Å². The van der Waals surface area contributed by atoms with Gasteiger partial charge in [-0.3, -0.25) is 4.99 Å². The normalized spacial score (nSPS) is 11.5. The Hall–Kier alpha value is -4.10. The summed E-state index contributed by atoms with van der Waals surface area (Å²) in [5, 5.41) is 10.2. The van der Waals surface area contributed by atoms with Crippen LogP contribution in [0.25, 0.3) is 0 Å². The lowest BCUT2D eigenvalue weighted by Crippen LogP contribution is -2.03. The highest BCUT2D eigenvalue weighted by Crippen LogP contribution is 2.32. The first-order valence-corrected chi connectivity index (χ1v) is 13.2. The minimum absolute atomic E-state index is 0.0342. The van der Waals surface area contributed by atoms with Crippen molar-refractivity contribution in [2.75, 3.05) is 5.75 Å². The van der Waals surface area contributed by atoms with Crippen LogP contribution in [0.2, 0.25) is 0 Å². The van der Waals surface area contributed by atoms with E-state index in [-0.39, 0.29) is 22.1 Å². The highest BCUT2D eigenvalue weighted by atomic mass is 32.2. The first-order valence-electron chi connectivity index (χ1n) is 11.5. The molecule has 36 heavy (non-hydrogen) atoms. The van der Waals surface area contributed by atoms with Crippen LogP contribution in [0.5, 0.6) is 17.2 Å². The Labute approximate surface area is 211 Å². The monoisotopic (exact) mass is 501 g/mol. The van der Waals surface area contributed by atoms with E-state index in [4.69, 9.17) is 9.47 Å². The molecule has 0 aliphatic heterocycles. The van der Waals surface area contributed by atoms with E-state index in [2.05, 4.69) is 4.99 Å². The first-order chi connectivity index (χ1) is 17.4. The van der Waals surface area contributed by atoms with E-state index in [1.807, 2.05) is 72.8 Å². The fourth-order valence-corrected chi connectivity index (χ4v) is 4.32. The fourth-order valence-electron chi connectivity index (χ4n) is 3.42. The molecule has 1 N–H and O–H groups in total. The second-order valence-electron chi connectivity index (χ2n) is 8.07. The van der Waals surface area contributed by atoms with Crippen LogP contribution in [0, 0.1) is 0 Å². The molecular weight excluding hydrogens is 474 g/mol. The predicted molar refractivity (Wildman–Crippen MR) is 141 cm³/mol. The molecule has 0 aliphatic rings. The van der Waals surface area contributed by atoms with Crippen molar-refractivity contribution >= 4 is 21.7 Å². The third kappa shape index (κ3) is 6.52. The van der Waals surface area contributed by atoms with Crippen molar-refractivity contribution in [3.05, 3.63) is 114 Å². The molecular formula is C29H27NO5S. The number of phenolic OH excluding ortho intramolecular Hbond substituents is 1. The number of benzene rings is 4. The Bertz CT molecular complexity index is 1440. The zero-order chi connectivity index (χ0) is 25.4. The summed E-state index contributed by atoms with van der Waals surface area (Å²) in [6, 6.07) is 29.2. The van der Waals surface area contributed by atoms with Crippen molar-refractivity contribution < 1.29 is 23.0 Å². The lowest BCUT2D eigenvalue weighted by atomic mass is 10.2. The molecule has 7 heteroatoms. The van der Waals surface area contributed by atoms with E-state index in [1.165, 1.54) is 18.2 Å². The van der Waals surface area contributed by atoms with Crippen molar-refractivity contribution in [2.24, 2.45) is 4.99 Å². The summed E-state index contributed by atoms with van der Waals surface area (Å²) in [6.07, 6.45) is 1.55. The van der Waals surface area contributed by atoms with Crippen LogP contribution >= 0.6 is 0 Å². The van der Waals surface area contributed by atoms with Gasteiger partial charge in [0, 0.05) is 6.21 Å². The SMILES string of the molecule is CCS(=O)(=O)c1ccc(O)c(N=Cc2ccc(OCc3ccccc3)c(OCc3ccccc3)c2)c1. The van der Waals surface area contributed by atoms with Gasteiger partial charge in [-0.05, 0) is 53.1 Å². The summed E-state index contributed by atoms with van der Waals surface area (Å²) in [5.74, 6) is 0.994. The maximum Gasteiger partial charge on any atom is 0.178 e. The molecule has 0 atom stereocenters. The van der Waals surface area contributed by atoms with E-state index < -0.39 is 9.84 Å². The van der Waals surface area contributed by atoms with Gasteiger partial charge in [0.15, 0.2) is 21.3 Å².